The van der Waals surface area contributed by atoms with E-state index in [9.17, 15) is 0 Å². The van der Waals surface area contributed by atoms with Crippen LogP contribution >= 0.6 is 22.2 Å². The van der Waals surface area contributed by atoms with Crippen molar-refractivity contribution in [2.75, 3.05) is 6.61 Å². The highest BCUT2D eigenvalue weighted by Gasteiger charge is 2.21. The zero-order valence-corrected chi connectivity index (χ0v) is 20.0. The minimum atomic E-state index is -1.51. The zero-order valence-electron chi connectivity index (χ0n) is 17.3. The molecular weight excluding hydrogens is 391 g/mol. The summed E-state index contributed by atoms with van der Waals surface area (Å²) < 4.78 is 6.22. The molecule has 0 radical (unpaired) electrons. The molecule has 0 saturated heterocycles. The fourth-order valence-corrected chi connectivity index (χ4v) is 5.78. The number of hydrogen-bond donors (Lipinski definition) is 0. The molecule has 1 atom stereocenters. The maximum atomic E-state index is 6.22. The van der Waals surface area contributed by atoms with Crippen molar-refractivity contribution in [3.8, 4) is 5.75 Å². The van der Waals surface area contributed by atoms with Gasteiger partial charge in [0.25, 0.3) is 0 Å². The molecule has 0 aromatic heterocycles. The molecule has 1 aromatic rings. The van der Waals surface area contributed by atoms with Crippen LogP contribution in [0.5, 0.6) is 5.75 Å². The third-order valence-corrected chi connectivity index (χ3v) is 8.07. The van der Waals surface area contributed by atoms with E-state index in [1.807, 2.05) is 0 Å². The zero-order chi connectivity index (χ0) is 19.5. The molecule has 27 heavy (non-hydrogen) atoms. The predicted octanol–water partition coefficient (Wildman–Crippen LogP) is 8.28. The Balaban J connectivity index is 2.16. The SMILES string of the molecule is CCCCC(CCC)c1ccc(OCCC[SiH](Cl)Cl)c(C2CCCCC2)c1. The Kier molecular flexibility index (Phi) is 11.2. The first-order valence-corrected chi connectivity index (χ1v) is 15.5. The van der Waals surface area contributed by atoms with Crippen LogP contribution < -0.4 is 4.74 Å². The van der Waals surface area contributed by atoms with Gasteiger partial charge >= 0.3 is 0 Å². The van der Waals surface area contributed by atoms with Gasteiger partial charge in [-0.25, -0.2) is 0 Å². The Morgan fingerprint density at radius 3 is 2.48 bits per heavy atom. The quantitative estimate of drug-likeness (QED) is 0.184. The number of hydrogen-bond acceptors (Lipinski definition) is 1. The molecule has 4 heteroatoms. The van der Waals surface area contributed by atoms with Gasteiger partial charge in [-0.15, -0.1) is 0 Å². The molecule has 1 aromatic carbocycles. The van der Waals surface area contributed by atoms with Gasteiger partial charge in [-0.1, -0.05) is 64.5 Å². The number of halogens is 2. The summed E-state index contributed by atoms with van der Waals surface area (Å²) in [4.78, 5) is 0. The molecule has 1 nitrogen and oxygen atoms in total. The van der Waals surface area contributed by atoms with Crippen molar-refractivity contribution in [1.82, 2.24) is 0 Å². The first kappa shape index (κ1) is 23.1. The van der Waals surface area contributed by atoms with Crippen LogP contribution in [-0.4, -0.2) is 14.0 Å². The van der Waals surface area contributed by atoms with E-state index < -0.39 is 7.42 Å². The van der Waals surface area contributed by atoms with Crippen molar-refractivity contribution in [3.63, 3.8) is 0 Å². The van der Waals surface area contributed by atoms with Crippen molar-refractivity contribution in [1.29, 1.82) is 0 Å². The average molecular weight is 430 g/mol. The Morgan fingerprint density at radius 1 is 1.04 bits per heavy atom. The van der Waals surface area contributed by atoms with Gasteiger partial charge in [0.1, 0.15) is 5.75 Å². The lowest BCUT2D eigenvalue weighted by Crippen LogP contribution is -2.10. The van der Waals surface area contributed by atoms with Crippen molar-refractivity contribution in [2.45, 2.75) is 102 Å². The predicted molar refractivity (Wildman–Crippen MR) is 123 cm³/mol. The molecule has 1 aliphatic rings. The van der Waals surface area contributed by atoms with Crippen molar-refractivity contribution >= 4 is 29.6 Å². The molecule has 154 valence electrons. The molecule has 0 bridgehead atoms. The van der Waals surface area contributed by atoms with Gasteiger partial charge < -0.3 is 4.74 Å². The Labute approximate surface area is 178 Å². The van der Waals surface area contributed by atoms with Gasteiger partial charge in [-0.2, -0.15) is 22.2 Å². The molecule has 2 rings (SSSR count). The van der Waals surface area contributed by atoms with Gasteiger partial charge in [0, 0.05) is 0 Å². The standard InChI is InChI=1S/C23H38Cl2OSi/c1-3-5-11-19(10-4-2)21-14-15-23(26-16-9-17-27(24)25)22(18-21)20-12-7-6-8-13-20/h14-15,18-20,27H,3-13,16-17H2,1-2H3. The summed E-state index contributed by atoms with van der Waals surface area (Å²) in [6.07, 6.45) is 14.1. The summed E-state index contributed by atoms with van der Waals surface area (Å²) in [7, 11) is -1.51. The molecule has 0 spiro atoms. The summed E-state index contributed by atoms with van der Waals surface area (Å²) in [5, 5.41) is 0. The van der Waals surface area contributed by atoms with E-state index in [4.69, 9.17) is 26.9 Å². The number of ether oxygens (including phenoxy) is 1. The molecule has 1 saturated carbocycles. The van der Waals surface area contributed by atoms with Crippen molar-refractivity contribution in [3.05, 3.63) is 29.3 Å². The van der Waals surface area contributed by atoms with Crippen molar-refractivity contribution < 1.29 is 4.74 Å². The molecule has 1 unspecified atom stereocenters. The smallest absolute Gasteiger partial charge is 0.237 e. The molecule has 1 aliphatic carbocycles. The highest BCUT2D eigenvalue weighted by atomic mass is 35.7. The molecule has 0 aliphatic heterocycles. The molecular formula is C23H38Cl2OSi. The average Bonchev–Trinajstić information content (AvgIpc) is 2.69. The van der Waals surface area contributed by atoms with Crippen LogP contribution in [0, 0.1) is 0 Å². The highest BCUT2D eigenvalue weighted by Crippen LogP contribution is 2.40. The largest absolute Gasteiger partial charge is 0.493 e. The summed E-state index contributed by atoms with van der Waals surface area (Å²) in [6.45, 7) is 5.33. The van der Waals surface area contributed by atoms with Crippen LogP contribution in [0.2, 0.25) is 6.04 Å². The number of unbranched alkanes of at least 4 members (excludes halogenated alkanes) is 1. The first-order valence-electron chi connectivity index (χ1n) is 11.2. The second-order valence-corrected chi connectivity index (χ2v) is 13.3. The van der Waals surface area contributed by atoms with Crippen LogP contribution in [0.15, 0.2) is 18.2 Å². The molecule has 0 amide bonds. The van der Waals surface area contributed by atoms with E-state index in [2.05, 4.69) is 32.0 Å². The summed E-state index contributed by atoms with van der Waals surface area (Å²) in [5.41, 5.74) is 3.00. The molecule has 0 N–H and O–H groups in total. The van der Waals surface area contributed by atoms with E-state index >= 15 is 0 Å². The fraction of sp³-hybridized carbons (Fsp3) is 0.739. The number of benzene rings is 1. The van der Waals surface area contributed by atoms with E-state index in [0.29, 0.717) is 11.8 Å². The maximum absolute atomic E-state index is 6.22. The minimum Gasteiger partial charge on any atom is -0.493 e. The van der Waals surface area contributed by atoms with Crippen LogP contribution in [-0.2, 0) is 0 Å². The van der Waals surface area contributed by atoms with Gasteiger partial charge in [0.2, 0.25) is 7.42 Å². The van der Waals surface area contributed by atoms with Gasteiger partial charge in [0.15, 0.2) is 0 Å². The molecule has 1 fully saturated rings. The Morgan fingerprint density at radius 2 is 1.81 bits per heavy atom. The second-order valence-electron chi connectivity index (χ2n) is 8.14. The third-order valence-electron chi connectivity index (χ3n) is 5.92. The normalized spacial score (nSPS) is 16.6. The van der Waals surface area contributed by atoms with Crippen LogP contribution in [0.25, 0.3) is 0 Å². The van der Waals surface area contributed by atoms with Crippen LogP contribution in [0.1, 0.15) is 107 Å². The van der Waals surface area contributed by atoms with E-state index in [-0.39, 0.29) is 0 Å². The summed E-state index contributed by atoms with van der Waals surface area (Å²) in [6, 6.07) is 8.01. The highest BCUT2D eigenvalue weighted by molar-refractivity contribution is 7.33. The lowest BCUT2D eigenvalue weighted by Gasteiger charge is -2.26. The van der Waals surface area contributed by atoms with Gasteiger partial charge in [-0.3, -0.25) is 0 Å². The number of rotatable bonds is 12. The monoisotopic (exact) mass is 428 g/mol. The van der Waals surface area contributed by atoms with Crippen LogP contribution in [0.3, 0.4) is 0 Å². The lowest BCUT2D eigenvalue weighted by molar-refractivity contribution is 0.307. The summed E-state index contributed by atoms with van der Waals surface area (Å²) in [5.74, 6) is 2.48. The topological polar surface area (TPSA) is 9.23 Å². The lowest BCUT2D eigenvalue weighted by atomic mass is 9.81. The van der Waals surface area contributed by atoms with E-state index in [0.717, 1.165) is 24.8 Å². The minimum absolute atomic E-state index is 0.672. The fourth-order valence-electron chi connectivity index (χ4n) is 4.38. The summed E-state index contributed by atoms with van der Waals surface area (Å²) >= 11 is 12.0. The van der Waals surface area contributed by atoms with Crippen molar-refractivity contribution in [2.24, 2.45) is 0 Å². The first-order chi connectivity index (χ1) is 13.2. The second kappa shape index (κ2) is 13.1. The van der Waals surface area contributed by atoms with Gasteiger partial charge in [0.05, 0.1) is 6.61 Å². The third kappa shape index (κ3) is 7.99. The Bertz CT molecular complexity index is 529. The van der Waals surface area contributed by atoms with Crippen LogP contribution in [0.4, 0.5) is 0 Å². The van der Waals surface area contributed by atoms with E-state index in [1.54, 1.807) is 0 Å². The van der Waals surface area contributed by atoms with Gasteiger partial charge in [-0.05, 0) is 67.2 Å². The molecule has 0 heterocycles. The Hall–Kier alpha value is -0.183. The maximum Gasteiger partial charge on any atom is 0.237 e. The van der Waals surface area contributed by atoms with E-state index in [1.165, 1.54) is 75.3 Å².